The number of rotatable bonds is 3. The first-order chi connectivity index (χ1) is 10.4. The minimum absolute atomic E-state index is 0.0147. The number of benzene rings is 2. The highest BCUT2D eigenvalue weighted by Gasteiger charge is 2.18. The van der Waals surface area contributed by atoms with Gasteiger partial charge < -0.3 is 10.7 Å². The van der Waals surface area contributed by atoms with Gasteiger partial charge in [-0.15, -0.1) is 0 Å². The molecule has 0 bridgehead atoms. The van der Waals surface area contributed by atoms with E-state index in [-0.39, 0.29) is 15.8 Å². The fourth-order valence-corrected chi connectivity index (χ4v) is 3.11. The Hall–Kier alpha value is -2.21. The normalized spacial score (nSPS) is 11.2. The number of ketones is 1. The van der Waals surface area contributed by atoms with E-state index in [1.165, 1.54) is 0 Å². The molecule has 2 aromatic carbocycles. The molecule has 1 aromatic heterocycles. The molecule has 0 spiro atoms. The Kier molecular flexibility index (Phi) is 3.48. The standard InChI is InChI=1S/C16H12BrFN2O2/c1-2-12(21)7-3-4-8-11(5-7)20-15-9(16(19)22)6-10(18)14(17)13(8)15/h3-6,20H,2H2,1H3,(H2,19,22). The summed E-state index contributed by atoms with van der Waals surface area (Å²) in [5.41, 5.74) is 7.08. The molecule has 0 aliphatic carbocycles. The first-order valence-electron chi connectivity index (χ1n) is 6.70. The van der Waals surface area contributed by atoms with Crippen LogP contribution in [0, 0.1) is 5.82 Å². The summed E-state index contributed by atoms with van der Waals surface area (Å²) < 4.78 is 14.3. The Morgan fingerprint density at radius 1 is 1.32 bits per heavy atom. The first kappa shape index (κ1) is 14.7. The van der Waals surface area contributed by atoms with E-state index in [0.717, 1.165) is 11.5 Å². The molecule has 0 saturated carbocycles. The number of aromatic nitrogens is 1. The van der Waals surface area contributed by atoms with E-state index in [1.54, 1.807) is 25.1 Å². The topological polar surface area (TPSA) is 75.9 Å². The maximum Gasteiger partial charge on any atom is 0.250 e. The summed E-state index contributed by atoms with van der Waals surface area (Å²) in [4.78, 5) is 26.4. The number of halogens is 2. The predicted octanol–water partition coefficient (Wildman–Crippen LogP) is 3.91. The van der Waals surface area contributed by atoms with Crippen molar-refractivity contribution in [2.45, 2.75) is 13.3 Å². The van der Waals surface area contributed by atoms with Gasteiger partial charge in [-0.05, 0) is 28.1 Å². The second kappa shape index (κ2) is 5.21. The number of hydrogen-bond acceptors (Lipinski definition) is 2. The SMILES string of the molecule is CCC(=O)c1ccc2c(c1)[nH]c1c(C(N)=O)cc(F)c(Br)c12. The van der Waals surface area contributed by atoms with E-state index in [1.807, 2.05) is 0 Å². The second-order valence-corrected chi connectivity index (χ2v) is 5.79. The van der Waals surface area contributed by atoms with Gasteiger partial charge in [-0.1, -0.05) is 19.1 Å². The van der Waals surface area contributed by atoms with Crippen molar-refractivity contribution in [3.63, 3.8) is 0 Å². The Morgan fingerprint density at radius 3 is 2.68 bits per heavy atom. The van der Waals surface area contributed by atoms with E-state index >= 15 is 0 Å². The Balaban J connectivity index is 2.43. The third kappa shape index (κ3) is 2.11. The minimum atomic E-state index is -0.715. The van der Waals surface area contributed by atoms with Crippen molar-refractivity contribution >= 4 is 49.4 Å². The largest absolute Gasteiger partial charge is 0.366 e. The minimum Gasteiger partial charge on any atom is -0.366 e. The maximum atomic E-state index is 14.0. The molecule has 0 atom stereocenters. The fraction of sp³-hybridized carbons (Fsp3) is 0.125. The summed E-state index contributed by atoms with van der Waals surface area (Å²) >= 11 is 3.21. The molecule has 3 aromatic rings. The Morgan fingerprint density at radius 2 is 2.05 bits per heavy atom. The molecule has 0 aliphatic heterocycles. The Bertz CT molecular complexity index is 946. The fourth-order valence-electron chi connectivity index (χ4n) is 2.58. The lowest BCUT2D eigenvalue weighted by atomic mass is 10.0. The van der Waals surface area contributed by atoms with E-state index < -0.39 is 11.7 Å². The highest BCUT2D eigenvalue weighted by Crippen LogP contribution is 2.36. The van der Waals surface area contributed by atoms with Crippen LogP contribution in [0.2, 0.25) is 0 Å². The lowest BCUT2D eigenvalue weighted by Crippen LogP contribution is -2.12. The van der Waals surface area contributed by atoms with Gasteiger partial charge in [0.05, 0.1) is 15.6 Å². The maximum absolute atomic E-state index is 14.0. The van der Waals surface area contributed by atoms with Crippen LogP contribution < -0.4 is 5.73 Å². The number of fused-ring (bicyclic) bond motifs is 3. The third-order valence-corrected chi connectivity index (χ3v) is 4.45. The van der Waals surface area contributed by atoms with Crippen LogP contribution in [0.1, 0.15) is 34.1 Å². The number of Topliss-reactive ketones (excluding diaryl/α,β-unsaturated/α-hetero) is 1. The summed E-state index contributed by atoms with van der Waals surface area (Å²) in [6.45, 7) is 1.79. The van der Waals surface area contributed by atoms with Crippen molar-refractivity contribution < 1.29 is 14.0 Å². The third-order valence-electron chi connectivity index (χ3n) is 3.68. The molecule has 1 heterocycles. The van der Waals surface area contributed by atoms with Crippen LogP contribution in [0.3, 0.4) is 0 Å². The zero-order valence-electron chi connectivity index (χ0n) is 11.7. The number of nitrogens with one attached hydrogen (secondary N) is 1. The number of nitrogens with two attached hydrogens (primary N) is 1. The van der Waals surface area contributed by atoms with Gasteiger partial charge in [0, 0.05) is 28.3 Å². The van der Waals surface area contributed by atoms with Crippen molar-refractivity contribution in [2.75, 3.05) is 0 Å². The van der Waals surface area contributed by atoms with E-state index in [0.29, 0.717) is 28.4 Å². The van der Waals surface area contributed by atoms with Crippen LogP contribution in [-0.2, 0) is 0 Å². The predicted molar refractivity (Wildman–Crippen MR) is 86.6 cm³/mol. The van der Waals surface area contributed by atoms with Crippen LogP contribution in [0.25, 0.3) is 21.8 Å². The molecule has 0 fully saturated rings. The van der Waals surface area contributed by atoms with Crippen LogP contribution in [0.4, 0.5) is 4.39 Å². The van der Waals surface area contributed by atoms with Gasteiger partial charge in [0.25, 0.3) is 5.91 Å². The molecule has 1 amide bonds. The molecule has 0 unspecified atom stereocenters. The van der Waals surface area contributed by atoms with Gasteiger partial charge in [0.1, 0.15) is 5.82 Å². The lowest BCUT2D eigenvalue weighted by Gasteiger charge is -2.03. The van der Waals surface area contributed by atoms with Gasteiger partial charge in [0.2, 0.25) is 0 Å². The molecule has 0 saturated heterocycles. The summed E-state index contributed by atoms with van der Waals surface area (Å²) in [5, 5.41) is 1.26. The highest BCUT2D eigenvalue weighted by molar-refractivity contribution is 9.10. The molecule has 0 aliphatic rings. The number of aromatic amines is 1. The average Bonchev–Trinajstić information content (AvgIpc) is 2.88. The van der Waals surface area contributed by atoms with E-state index in [4.69, 9.17) is 5.73 Å². The molecule has 0 radical (unpaired) electrons. The van der Waals surface area contributed by atoms with Gasteiger partial charge in [-0.3, -0.25) is 9.59 Å². The van der Waals surface area contributed by atoms with Gasteiger partial charge in [-0.25, -0.2) is 4.39 Å². The molecule has 4 nitrogen and oxygen atoms in total. The van der Waals surface area contributed by atoms with Gasteiger partial charge in [0.15, 0.2) is 5.78 Å². The number of hydrogen-bond donors (Lipinski definition) is 2. The highest BCUT2D eigenvalue weighted by atomic mass is 79.9. The molecule has 112 valence electrons. The van der Waals surface area contributed by atoms with Crippen molar-refractivity contribution in [3.05, 3.63) is 45.7 Å². The van der Waals surface area contributed by atoms with Crippen LogP contribution in [-0.4, -0.2) is 16.7 Å². The number of carbonyl (C=O) groups excluding carboxylic acids is 2. The van der Waals surface area contributed by atoms with Crippen molar-refractivity contribution in [3.8, 4) is 0 Å². The summed E-state index contributed by atoms with van der Waals surface area (Å²) in [5.74, 6) is -1.26. The number of primary amides is 1. The average molecular weight is 363 g/mol. The van der Waals surface area contributed by atoms with E-state index in [2.05, 4.69) is 20.9 Å². The zero-order chi connectivity index (χ0) is 16.0. The molecular formula is C16H12BrFN2O2. The quantitative estimate of drug-likeness (QED) is 0.692. The Labute approximate surface area is 133 Å². The molecule has 22 heavy (non-hydrogen) atoms. The van der Waals surface area contributed by atoms with Gasteiger partial charge >= 0.3 is 0 Å². The summed E-state index contributed by atoms with van der Waals surface area (Å²) in [6, 6.07) is 6.24. The summed E-state index contributed by atoms with van der Waals surface area (Å²) in [7, 11) is 0. The van der Waals surface area contributed by atoms with Crippen molar-refractivity contribution in [2.24, 2.45) is 5.73 Å². The molecule has 3 rings (SSSR count). The van der Waals surface area contributed by atoms with Crippen LogP contribution in [0.5, 0.6) is 0 Å². The monoisotopic (exact) mass is 362 g/mol. The second-order valence-electron chi connectivity index (χ2n) is 5.00. The molecule has 6 heteroatoms. The molecule has 3 N–H and O–H groups in total. The number of H-pyrrole nitrogens is 1. The lowest BCUT2D eigenvalue weighted by molar-refractivity contribution is 0.0984. The number of carbonyl (C=O) groups is 2. The van der Waals surface area contributed by atoms with E-state index in [9.17, 15) is 14.0 Å². The summed E-state index contributed by atoms with van der Waals surface area (Å²) in [6.07, 6.45) is 0.399. The van der Waals surface area contributed by atoms with Gasteiger partial charge in [-0.2, -0.15) is 0 Å². The number of amides is 1. The molecular weight excluding hydrogens is 351 g/mol. The smallest absolute Gasteiger partial charge is 0.250 e. The zero-order valence-corrected chi connectivity index (χ0v) is 13.3. The van der Waals surface area contributed by atoms with Crippen LogP contribution >= 0.6 is 15.9 Å². The van der Waals surface area contributed by atoms with Crippen LogP contribution in [0.15, 0.2) is 28.7 Å². The van der Waals surface area contributed by atoms with Crippen molar-refractivity contribution in [1.82, 2.24) is 4.98 Å². The van der Waals surface area contributed by atoms with Crippen molar-refractivity contribution in [1.29, 1.82) is 0 Å². The first-order valence-corrected chi connectivity index (χ1v) is 7.49.